The van der Waals surface area contributed by atoms with E-state index >= 15 is 0 Å². The molecule has 0 spiro atoms. The van der Waals surface area contributed by atoms with Gasteiger partial charge in [0, 0.05) is 9.49 Å². The number of rotatable bonds is 10. The molecule has 110 valence electrons. The molecule has 0 aliphatic carbocycles. The molecule has 0 bridgehead atoms. The fraction of sp³-hybridized carbons (Fsp3) is 1.00. The molecule has 0 nitrogen and oxygen atoms in total. The van der Waals surface area contributed by atoms with E-state index in [1.807, 2.05) is 0 Å². The molecular weight excluding hydrogens is 256 g/mol. The standard InChI is InChI=1S/C16H34S2/c1-8-15(4,5)17-12-10-14(3)11-13-18-16(6,7)9-2/h14H,8-13H2,1-7H3. The molecule has 0 rings (SSSR count). The average Bonchev–Trinajstić information content (AvgIpc) is 2.28. The van der Waals surface area contributed by atoms with Crippen molar-refractivity contribution < 1.29 is 0 Å². The van der Waals surface area contributed by atoms with Crippen LogP contribution in [0.1, 0.15) is 74.1 Å². The van der Waals surface area contributed by atoms with Gasteiger partial charge in [0.05, 0.1) is 0 Å². The second-order valence-corrected chi connectivity index (χ2v) is 10.2. The molecular formula is C16H34S2. The van der Waals surface area contributed by atoms with Crippen LogP contribution in [0.3, 0.4) is 0 Å². The fourth-order valence-corrected chi connectivity index (χ4v) is 3.98. The highest BCUT2D eigenvalue weighted by molar-refractivity contribution is 8.00. The normalized spacial score (nSPS) is 13.3. The third-order valence-corrected chi connectivity index (χ3v) is 6.93. The van der Waals surface area contributed by atoms with Crippen LogP contribution in [0.15, 0.2) is 0 Å². The van der Waals surface area contributed by atoms with E-state index < -0.39 is 0 Å². The summed E-state index contributed by atoms with van der Waals surface area (Å²) in [5, 5.41) is 0. The molecule has 0 saturated carbocycles. The molecule has 0 N–H and O–H groups in total. The quantitative estimate of drug-likeness (QED) is 0.466. The molecule has 0 aromatic heterocycles. The third kappa shape index (κ3) is 9.61. The topological polar surface area (TPSA) is 0 Å². The first-order valence-electron chi connectivity index (χ1n) is 7.50. The molecule has 0 heterocycles. The Morgan fingerprint density at radius 1 is 0.778 bits per heavy atom. The summed E-state index contributed by atoms with van der Waals surface area (Å²) >= 11 is 4.29. The number of hydrogen-bond acceptors (Lipinski definition) is 2. The molecule has 0 fully saturated rings. The minimum atomic E-state index is 0.471. The molecule has 0 aromatic rings. The lowest BCUT2D eigenvalue weighted by Gasteiger charge is -2.24. The molecule has 0 radical (unpaired) electrons. The Bertz CT molecular complexity index is 187. The zero-order valence-electron chi connectivity index (χ0n) is 13.6. The lowest BCUT2D eigenvalue weighted by molar-refractivity contribution is 0.549. The van der Waals surface area contributed by atoms with Crippen molar-refractivity contribution in [2.45, 2.75) is 83.6 Å². The predicted octanol–water partition coefficient (Wildman–Crippen LogP) is 6.25. The maximum absolute atomic E-state index is 2.42. The lowest BCUT2D eigenvalue weighted by atomic mass is 10.1. The number of hydrogen-bond donors (Lipinski definition) is 0. The van der Waals surface area contributed by atoms with Gasteiger partial charge in [0.2, 0.25) is 0 Å². The summed E-state index contributed by atoms with van der Waals surface area (Å²) in [5.74, 6) is 3.53. The van der Waals surface area contributed by atoms with Gasteiger partial charge in [-0.25, -0.2) is 0 Å². The molecule has 0 aromatic carbocycles. The van der Waals surface area contributed by atoms with Crippen LogP contribution in [0.25, 0.3) is 0 Å². The van der Waals surface area contributed by atoms with Crippen LogP contribution in [0.2, 0.25) is 0 Å². The Labute approximate surface area is 124 Å². The monoisotopic (exact) mass is 290 g/mol. The van der Waals surface area contributed by atoms with E-state index in [-0.39, 0.29) is 0 Å². The van der Waals surface area contributed by atoms with Crippen LogP contribution >= 0.6 is 23.5 Å². The predicted molar refractivity (Wildman–Crippen MR) is 92.1 cm³/mol. The van der Waals surface area contributed by atoms with E-state index in [0.717, 1.165) is 5.92 Å². The van der Waals surface area contributed by atoms with Crippen molar-refractivity contribution in [1.29, 1.82) is 0 Å². The zero-order valence-corrected chi connectivity index (χ0v) is 15.3. The van der Waals surface area contributed by atoms with Gasteiger partial charge in [-0.3, -0.25) is 0 Å². The smallest absolute Gasteiger partial charge is 0.0101 e. The van der Waals surface area contributed by atoms with Crippen molar-refractivity contribution >= 4 is 23.5 Å². The molecule has 0 saturated heterocycles. The maximum Gasteiger partial charge on any atom is 0.0101 e. The van der Waals surface area contributed by atoms with Gasteiger partial charge in [0.15, 0.2) is 0 Å². The highest BCUT2D eigenvalue weighted by atomic mass is 32.2. The van der Waals surface area contributed by atoms with Gasteiger partial charge in [-0.1, -0.05) is 48.5 Å². The second-order valence-electron chi connectivity index (χ2n) is 6.61. The minimum Gasteiger partial charge on any atom is -0.156 e. The summed E-state index contributed by atoms with van der Waals surface area (Å²) in [6, 6.07) is 0. The fourth-order valence-electron chi connectivity index (χ4n) is 1.42. The van der Waals surface area contributed by atoms with Crippen LogP contribution in [0.4, 0.5) is 0 Å². The summed E-state index contributed by atoms with van der Waals surface area (Å²) in [5.41, 5.74) is 0. The molecule has 2 heteroatoms. The van der Waals surface area contributed by atoms with E-state index in [1.165, 1.54) is 37.2 Å². The summed E-state index contributed by atoms with van der Waals surface area (Å²) in [6.45, 7) is 16.5. The summed E-state index contributed by atoms with van der Waals surface area (Å²) < 4.78 is 0.942. The van der Waals surface area contributed by atoms with Crippen LogP contribution in [-0.4, -0.2) is 21.0 Å². The van der Waals surface area contributed by atoms with Gasteiger partial charge in [-0.15, -0.1) is 0 Å². The Morgan fingerprint density at radius 2 is 1.11 bits per heavy atom. The van der Waals surface area contributed by atoms with Gasteiger partial charge in [0.25, 0.3) is 0 Å². The molecule has 18 heavy (non-hydrogen) atoms. The third-order valence-electron chi connectivity index (χ3n) is 3.91. The molecule has 0 amide bonds. The average molecular weight is 291 g/mol. The first-order valence-corrected chi connectivity index (χ1v) is 9.47. The minimum absolute atomic E-state index is 0.471. The Morgan fingerprint density at radius 3 is 1.39 bits per heavy atom. The largest absolute Gasteiger partial charge is 0.156 e. The SMILES string of the molecule is CCC(C)(C)SCCC(C)CCSC(C)(C)CC. The highest BCUT2D eigenvalue weighted by Crippen LogP contribution is 2.31. The van der Waals surface area contributed by atoms with Gasteiger partial charge in [0.1, 0.15) is 0 Å². The first-order chi connectivity index (χ1) is 8.22. The summed E-state index contributed by atoms with van der Waals surface area (Å²) in [7, 11) is 0. The molecule has 0 aliphatic heterocycles. The summed E-state index contributed by atoms with van der Waals surface area (Å²) in [6.07, 6.45) is 5.29. The Kier molecular flexibility index (Phi) is 9.13. The van der Waals surface area contributed by atoms with Crippen LogP contribution in [-0.2, 0) is 0 Å². The van der Waals surface area contributed by atoms with Gasteiger partial charge in [-0.2, -0.15) is 23.5 Å². The van der Waals surface area contributed by atoms with E-state index in [4.69, 9.17) is 0 Å². The number of thioether (sulfide) groups is 2. The van der Waals surface area contributed by atoms with Crippen molar-refractivity contribution in [3.63, 3.8) is 0 Å². The maximum atomic E-state index is 2.42. The van der Waals surface area contributed by atoms with Crippen molar-refractivity contribution in [3.05, 3.63) is 0 Å². The van der Waals surface area contributed by atoms with Crippen LogP contribution in [0, 0.1) is 5.92 Å². The van der Waals surface area contributed by atoms with E-state index in [0.29, 0.717) is 9.49 Å². The Hall–Kier alpha value is 0.700. The van der Waals surface area contributed by atoms with E-state index in [2.05, 4.69) is 72.0 Å². The zero-order chi connectivity index (χ0) is 14.2. The molecule has 0 aliphatic rings. The van der Waals surface area contributed by atoms with Crippen molar-refractivity contribution in [1.82, 2.24) is 0 Å². The Balaban J connectivity index is 3.64. The van der Waals surface area contributed by atoms with Crippen LogP contribution in [0.5, 0.6) is 0 Å². The molecule has 0 atom stereocenters. The lowest BCUT2D eigenvalue weighted by Crippen LogP contribution is -2.15. The van der Waals surface area contributed by atoms with Gasteiger partial charge in [-0.05, 0) is 43.1 Å². The second kappa shape index (κ2) is 8.79. The van der Waals surface area contributed by atoms with Gasteiger partial charge >= 0.3 is 0 Å². The first kappa shape index (κ1) is 18.7. The van der Waals surface area contributed by atoms with Crippen molar-refractivity contribution in [2.75, 3.05) is 11.5 Å². The van der Waals surface area contributed by atoms with Crippen molar-refractivity contribution in [2.24, 2.45) is 5.92 Å². The van der Waals surface area contributed by atoms with Gasteiger partial charge < -0.3 is 0 Å². The van der Waals surface area contributed by atoms with Crippen LogP contribution < -0.4 is 0 Å². The van der Waals surface area contributed by atoms with E-state index in [1.54, 1.807) is 0 Å². The van der Waals surface area contributed by atoms with E-state index in [9.17, 15) is 0 Å². The highest BCUT2D eigenvalue weighted by Gasteiger charge is 2.17. The van der Waals surface area contributed by atoms with Crippen molar-refractivity contribution in [3.8, 4) is 0 Å². The molecule has 0 unspecified atom stereocenters. The summed E-state index contributed by atoms with van der Waals surface area (Å²) in [4.78, 5) is 0.